The SMILES string of the molecule is COc1ccccc1-n1c(=O)[nH]c2cnc(NC3CCC(O)CC3)nc21. The summed E-state index contributed by atoms with van der Waals surface area (Å²) in [5, 5.41) is 13.0. The van der Waals surface area contributed by atoms with Crippen molar-refractivity contribution in [2.45, 2.75) is 37.8 Å². The van der Waals surface area contributed by atoms with Gasteiger partial charge in [0, 0.05) is 6.04 Å². The Labute approximate surface area is 149 Å². The Hall–Kier alpha value is -2.87. The van der Waals surface area contributed by atoms with Crippen LogP contribution in [0.5, 0.6) is 5.75 Å². The number of ether oxygens (including phenoxy) is 1. The van der Waals surface area contributed by atoms with Crippen molar-refractivity contribution in [3.63, 3.8) is 0 Å². The fourth-order valence-corrected chi connectivity index (χ4v) is 3.41. The molecular formula is C18H21N5O3. The lowest BCUT2D eigenvalue weighted by Crippen LogP contribution is -2.29. The van der Waals surface area contributed by atoms with Gasteiger partial charge in [-0.25, -0.2) is 14.3 Å². The highest BCUT2D eigenvalue weighted by atomic mass is 16.5. The van der Waals surface area contributed by atoms with E-state index in [2.05, 4.69) is 20.3 Å². The van der Waals surface area contributed by atoms with Crippen LogP contribution in [-0.2, 0) is 0 Å². The van der Waals surface area contributed by atoms with Crippen LogP contribution in [-0.4, -0.2) is 43.9 Å². The summed E-state index contributed by atoms with van der Waals surface area (Å²) in [5.41, 5.74) is 1.38. The molecule has 136 valence electrons. The largest absolute Gasteiger partial charge is 0.495 e. The smallest absolute Gasteiger partial charge is 0.332 e. The standard InChI is InChI=1S/C18H21N5O3/c1-26-15-5-3-2-4-14(15)23-16-13(21-18(23)25)10-19-17(22-16)20-11-6-8-12(24)9-7-11/h2-5,10-12,24H,6-9H2,1H3,(H,21,25)(H,19,20,22). The molecule has 1 fully saturated rings. The second-order valence-corrected chi connectivity index (χ2v) is 6.52. The van der Waals surface area contributed by atoms with Gasteiger partial charge in [0.1, 0.15) is 11.3 Å². The number of para-hydroxylation sites is 2. The summed E-state index contributed by atoms with van der Waals surface area (Å²) in [7, 11) is 1.57. The van der Waals surface area contributed by atoms with Crippen LogP contribution in [0.25, 0.3) is 16.9 Å². The molecule has 8 heteroatoms. The molecule has 1 saturated carbocycles. The van der Waals surface area contributed by atoms with Gasteiger partial charge in [0.25, 0.3) is 0 Å². The monoisotopic (exact) mass is 355 g/mol. The zero-order chi connectivity index (χ0) is 18.1. The van der Waals surface area contributed by atoms with E-state index in [0.717, 1.165) is 25.7 Å². The Morgan fingerprint density at radius 2 is 2.04 bits per heavy atom. The van der Waals surface area contributed by atoms with Crippen molar-refractivity contribution >= 4 is 17.1 Å². The molecule has 1 aromatic carbocycles. The van der Waals surface area contributed by atoms with Gasteiger partial charge in [-0.3, -0.25) is 0 Å². The number of aliphatic hydroxyl groups is 1. The zero-order valence-electron chi connectivity index (χ0n) is 14.5. The number of H-pyrrole nitrogens is 1. The van der Waals surface area contributed by atoms with Gasteiger partial charge in [0.2, 0.25) is 5.95 Å². The molecule has 3 N–H and O–H groups in total. The maximum atomic E-state index is 12.5. The van der Waals surface area contributed by atoms with Crippen LogP contribution >= 0.6 is 0 Å². The summed E-state index contributed by atoms with van der Waals surface area (Å²) in [6.07, 6.45) is 4.68. The summed E-state index contributed by atoms with van der Waals surface area (Å²) < 4.78 is 6.87. The third-order valence-electron chi connectivity index (χ3n) is 4.78. The number of rotatable bonds is 4. The Balaban J connectivity index is 1.72. The summed E-state index contributed by atoms with van der Waals surface area (Å²) in [4.78, 5) is 24.1. The minimum Gasteiger partial charge on any atom is -0.495 e. The summed E-state index contributed by atoms with van der Waals surface area (Å²) in [6.45, 7) is 0. The van der Waals surface area contributed by atoms with E-state index >= 15 is 0 Å². The van der Waals surface area contributed by atoms with Crippen molar-refractivity contribution in [1.82, 2.24) is 19.5 Å². The van der Waals surface area contributed by atoms with Crippen molar-refractivity contribution in [2.75, 3.05) is 12.4 Å². The van der Waals surface area contributed by atoms with Crippen molar-refractivity contribution < 1.29 is 9.84 Å². The van der Waals surface area contributed by atoms with Crippen LogP contribution in [0.4, 0.5) is 5.95 Å². The molecule has 0 bridgehead atoms. The zero-order valence-corrected chi connectivity index (χ0v) is 14.5. The van der Waals surface area contributed by atoms with Gasteiger partial charge in [-0.15, -0.1) is 0 Å². The molecule has 0 saturated heterocycles. The summed E-state index contributed by atoms with van der Waals surface area (Å²) in [6, 6.07) is 7.53. The summed E-state index contributed by atoms with van der Waals surface area (Å²) >= 11 is 0. The van der Waals surface area contributed by atoms with E-state index in [9.17, 15) is 9.90 Å². The van der Waals surface area contributed by atoms with Gasteiger partial charge < -0.3 is 20.1 Å². The molecule has 3 aromatic rings. The third-order valence-corrected chi connectivity index (χ3v) is 4.78. The van der Waals surface area contributed by atoms with Gasteiger partial charge in [0.15, 0.2) is 5.65 Å². The van der Waals surface area contributed by atoms with Crippen LogP contribution in [0, 0.1) is 0 Å². The van der Waals surface area contributed by atoms with E-state index in [1.54, 1.807) is 19.4 Å². The number of hydrogen-bond donors (Lipinski definition) is 3. The molecule has 0 atom stereocenters. The first kappa shape index (κ1) is 16.6. The van der Waals surface area contributed by atoms with Gasteiger partial charge in [-0.05, 0) is 37.8 Å². The quantitative estimate of drug-likeness (QED) is 0.659. The van der Waals surface area contributed by atoms with Gasteiger partial charge in [-0.1, -0.05) is 12.1 Å². The number of nitrogens with zero attached hydrogens (tertiary/aromatic N) is 3. The topological polar surface area (TPSA) is 105 Å². The number of hydrogen-bond acceptors (Lipinski definition) is 6. The average molecular weight is 355 g/mol. The fraction of sp³-hybridized carbons (Fsp3) is 0.389. The highest BCUT2D eigenvalue weighted by Gasteiger charge is 2.21. The number of imidazole rings is 1. The number of aromatic nitrogens is 4. The molecule has 1 aliphatic rings. The number of benzene rings is 1. The van der Waals surface area contributed by atoms with Gasteiger partial charge in [-0.2, -0.15) is 4.98 Å². The van der Waals surface area contributed by atoms with Crippen molar-refractivity contribution in [1.29, 1.82) is 0 Å². The maximum absolute atomic E-state index is 12.5. The van der Waals surface area contributed by atoms with Crippen LogP contribution in [0.1, 0.15) is 25.7 Å². The van der Waals surface area contributed by atoms with Gasteiger partial charge in [0.05, 0.1) is 25.1 Å². The van der Waals surface area contributed by atoms with Crippen LogP contribution in [0.15, 0.2) is 35.3 Å². The molecular weight excluding hydrogens is 334 g/mol. The van der Waals surface area contributed by atoms with Crippen LogP contribution in [0.2, 0.25) is 0 Å². The number of aromatic amines is 1. The molecule has 0 spiro atoms. The lowest BCUT2D eigenvalue weighted by Gasteiger charge is -2.26. The molecule has 26 heavy (non-hydrogen) atoms. The number of aliphatic hydroxyl groups excluding tert-OH is 1. The Bertz CT molecular complexity index is 972. The minimum atomic E-state index is -0.295. The molecule has 0 unspecified atom stereocenters. The lowest BCUT2D eigenvalue weighted by atomic mass is 9.93. The molecule has 0 aliphatic heterocycles. The first-order chi connectivity index (χ1) is 12.7. The van der Waals surface area contributed by atoms with Crippen molar-refractivity contribution in [3.8, 4) is 11.4 Å². The normalized spacial score (nSPS) is 20.2. The van der Waals surface area contributed by atoms with Crippen LogP contribution < -0.4 is 15.7 Å². The third kappa shape index (κ3) is 3.03. The summed E-state index contributed by atoms with van der Waals surface area (Å²) in [5.74, 6) is 1.06. The molecule has 1 aliphatic carbocycles. The van der Waals surface area contributed by atoms with E-state index in [-0.39, 0.29) is 17.8 Å². The Morgan fingerprint density at radius 3 is 2.81 bits per heavy atom. The predicted molar refractivity (Wildman–Crippen MR) is 97.9 cm³/mol. The number of fused-ring (bicyclic) bond motifs is 1. The van der Waals surface area contributed by atoms with Gasteiger partial charge >= 0.3 is 5.69 Å². The van der Waals surface area contributed by atoms with E-state index in [1.807, 2.05) is 18.2 Å². The molecule has 4 rings (SSSR count). The Morgan fingerprint density at radius 1 is 1.27 bits per heavy atom. The lowest BCUT2D eigenvalue weighted by molar-refractivity contribution is 0.126. The second-order valence-electron chi connectivity index (χ2n) is 6.52. The molecule has 0 amide bonds. The molecule has 0 radical (unpaired) electrons. The van der Waals surface area contributed by atoms with E-state index in [1.165, 1.54) is 4.57 Å². The number of methoxy groups -OCH3 is 1. The minimum absolute atomic E-state index is 0.211. The first-order valence-corrected chi connectivity index (χ1v) is 8.71. The first-order valence-electron chi connectivity index (χ1n) is 8.71. The maximum Gasteiger partial charge on any atom is 0.332 e. The van der Waals surface area contributed by atoms with Crippen molar-refractivity contribution in [3.05, 3.63) is 40.9 Å². The van der Waals surface area contributed by atoms with E-state index in [0.29, 0.717) is 28.5 Å². The van der Waals surface area contributed by atoms with E-state index in [4.69, 9.17) is 4.74 Å². The van der Waals surface area contributed by atoms with E-state index < -0.39 is 0 Å². The van der Waals surface area contributed by atoms with Crippen LogP contribution in [0.3, 0.4) is 0 Å². The number of anilines is 1. The molecule has 2 heterocycles. The highest BCUT2D eigenvalue weighted by Crippen LogP contribution is 2.25. The highest BCUT2D eigenvalue weighted by molar-refractivity contribution is 5.74. The molecule has 8 nitrogen and oxygen atoms in total. The van der Waals surface area contributed by atoms with Crippen molar-refractivity contribution in [2.24, 2.45) is 0 Å². The predicted octanol–water partition coefficient (Wildman–Crippen LogP) is 1.83. The molecule has 2 aromatic heterocycles. The second kappa shape index (κ2) is 6.80. The number of nitrogens with one attached hydrogen (secondary N) is 2. The Kier molecular flexibility index (Phi) is 4.34. The fourth-order valence-electron chi connectivity index (χ4n) is 3.41. The average Bonchev–Trinajstić information content (AvgIpc) is 2.98.